The van der Waals surface area contributed by atoms with E-state index >= 15 is 0 Å². The van der Waals surface area contributed by atoms with Crippen LogP contribution in [0.15, 0.2) is 27.2 Å². The zero-order valence-electron chi connectivity index (χ0n) is 8.20. The van der Waals surface area contributed by atoms with Crippen molar-refractivity contribution in [2.45, 2.75) is 13.5 Å². The zero-order chi connectivity index (χ0) is 10.8. The van der Waals surface area contributed by atoms with Crippen LogP contribution in [-0.2, 0) is 6.54 Å². The summed E-state index contributed by atoms with van der Waals surface area (Å²) in [6, 6.07) is 5.84. The number of rotatable bonds is 2. The van der Waals surface area contributed by atoms with Crippen molar-refractivity contribution >= 4 is 15.9 Å². The van der Waals surface area contributed by atoms with Crippen molar-refractivity contribution in [3.05, 3.63) is 34.1 Å². The van der Waals surface area contributed by atoms with Gasteiger partial charge in [-0.25, -0.2) is 0 Å². The molecule has 15 heavy (non-hydrogen) atoms. The third kappa shape index (κ3) is 1.93. The second kappa shape index (κ2) is 4.12. The van der Waals surface area contributed by atoms with Crippen LogP contribution in [0.5, 0.6) is 0 Å². The lowest BCUT2D eigenvalue weighted by Crippen LogP contribution is -1.97. The molecule has 1 aromatic heterocycles. The molecule has 4 nitrogen and oxygen atoms in total. The van der Waals surface area contributed by atoms with E-state index in [1.807, 2.05) is 25.1 Å². The van der Waals surface area contributed by atoms with E-state index in [-0.39, 0.29) is 6.54 Å². The smallest absolute Gasteiger partial charge is 0.258 e. The highest BCUT2D eigenvalue weighted by Gasteiger charge is 2.11. The van der Waals surface area contributed by atoms with Gasteiger partial charge in [0.25, 0.3) is 5.89 Å². The van der Waals surface area contributed by atoms with Gasteiger partial charge in [-0.1, -0.05) is 27.2 Å². The van der Waals surface area contributed by atoms with Crippen LogP contribution in [0.25, 0.3) is 11.5 Å². The Hall–Kier alpha value is -1.20. The molecule has 2 N–H and O–H groups in total. The summed E-state index contributed by atoms with van der Waals surface area (Å²) in [6.07, 6.45) is 0. The largest absolute Gasteiger partial charge is 0.334 e. The Morgan fingerprint density at radius 1 is 1.47 bits per heavy atom. The maximum atomic E-state index is 5.41. The van der Waals surface area contributed by atoms with E-state index in [1.165, 1.54) is 0 Å². The van der Waals surface area contributed by atoms with E-state index < -0.39 is 0 Å². The molecule has 0 spiro atoms. The first-order valence-electron chi connectivity index (χ1n) is 4.50. The standard InChI is InChI=1S/C10H10BrN3O/c1-6-7(3-2-4-8(6)11)10-13-9(5-12)14-15-10/h2-4H,5,12H2,1H3. The van der Waals surface area contributed by atoms with Crippen LogP contribution in [0.2, 0.25) is 0 Å². The van der Waals surface area contributed by atoms with Gasteiger partial charge in [0.2, 0.25) is 0 Å². The number of aromatic nitrogens is 2. The lowest BCUT2D eigenvalue weighted by molar-refractivity contribution is 0.422. The maximum Gasteiger partial charge on any atom is 0.258 e. The molecule has 1 heterocycles. The van der Waals surface area contributed by atoms with Crippen molar-refractivity contribution in [1.82, 2.24) is 10.1 Å². The van der Waals surface area contributed by atoms with Crippen molar-refractivity contribution in [3.63, 3.8) is 0 Å². The summed E-state index contributed by atoms with van der Waals surface area (Å²) in [5.74, 6) is 1.03. The van der Waals surface area contributed by atoms with Crippen LogP contribution in [0, 0.1) is 6.92 Å². The minimum absolute atomic E-state index is 0.288. The van der Waals surface area contributed by atoms with E-state index in [1.54, 1.807) is 0 Å². The maximum absolute atomic E-state index is 5.41. The van der Waals surface area contributed by atoms with Crippen LogP contribution in [0.1, 0.15) is 11.4 Å². The summed E-state index contributed by atoms with van der Waals surface area (Å²) in [5.41, 5.74) is 7.42. The lowest BCUT2D eigenvalue weighted by atomic mass is 10.1. The Bertz CT molecular complexity index is 481. The molecule has 0 saturated heterocycles. The quantitative estimate of drug-likeness (QED) is 0.907. The number of benzene rings is 1. The molecule has 0 bridgehead atoms. The molecule has 0 aliphatic carbocycles. The molecule has 2 rings (SSSR count). The molecule has 0 amide bonds. The van der Waals surface area contributed by atoms with Crippen LogP contribution < -0.4 is 5.73 Å². The average Bonchev–Trinajstić information content (AvgIpc) is 2.70. The van der Waals surface area contributed by atoms with Crippen molar-refractivity contribution in [3.8, 4) is 11.5 Å². The van der Waals surface area contributed by atoms with Crippen LogP contribution in [0.3, 0.4) is 0 Å². The lowest BCUT2D eigenvalue weighted by Gasteiger charge is -2.01. The predicted molar refractivity (Wildman–Crippen MR) is 60.1 cm³/mol. The first-order valence-corrected chi connectivity index (χ1v) is 5.30. The molecule has 0 aliphatic rings. The molecule has 78 valence electrons. The van der Waals surface area contributed by atoms with E-state index in [2.05, 4.69) is 26.1 Å². The minimum atomic E-state index is 0.288. The molecular formula is C10H10BrN3O. The average molecular weight is 268 g/mol. The van der Waals surface area contributed by atoms with Gasteiger partial charge in [0, 0.05) is 10.0 Å². The fourth-order valence-corrected chi connectivity index (χ4v) is 1.65. The van der Waals surface area contributed by atoms with Crippen molar-refractivity contribution in [2.75, 3.05) is 0 Å². The van der Waals surface area contributed by atoms with Gasteiger partial charge in [0.1, 0.15) is 0 Å². The van der Waals surface area contributed by atoms with Gasteiger partial charge in [-0.2, -0.15) is 4.98 Å². The first kappa shape index (κ1) is 10.3. The van der Waals surface area contributed by atoms with Crippen LogP contribution in [0.4, 0.5) is 0 Å². The summed E-state index contributed by atoms with van der Waals surface area (Å²) in [7, 11) is 0. The summed E-state index contributed by atoms with van der Waals surface area (Å²) < 4.78 is 6.14. The van der Waals surface area contributed by atoms with Gasteiger partial charge in [0.15, 0.2) is 5.82 Å². The number of nitrogens with zero attached hydrogens (tertiary/aromatic N) is 2. The number of hydrogen-bond donors (Lipinski definition) is 1. The van der Waals surface area contributed by atoms with Gasteiger partial charge in [0.05, 0.1) is 6.54 Å². The second-order valence-corrected chi connectivity index (χ2v) is 3.99. The van der Waals surface area contributed by atoms with E-state index in [9.17, 15) is 0 Å². The highest BCUT2D eigenvalue weighted by Crippen LogP contribution is 2.27. The van der Waals surface area contributed by atoms with E-state index in [0.29, 0.717) is 11.7 Å². The second-order valence-electron chi connectivity index (χ2n) is 3.13. The Balaban J connectivity index is 2.49. The monoisotopic (exact) mass is 267 g/mol. The Morgan fingerprint density at radius 3 is 2.93 bits per heavy atom. The first-order chi connectivity index (χ1) is 7.22. The normalized spacial score (nSPS) is 10.6. The van der Waals surface area contributed by atoms with Crippen molar-refractivity contribution in [2.24, 2.45) is 5.73 Å². The van der Waals surface area contributed by atoms with Crippen molar-refractivity contribution in [1.29, 1.82) is 0 Å². The van der Waals surface area contributed by atoms with Gasteiger partial charge >= 0.3 is 0 Å². The molecule has 0 unspecified atom stereocenters. The molecular weight excluding hydrogens is 258 g/mol. The fourth-order valence-electron chi connectivity index (χ4n) is 1.29. The molecule has 0 saturated carbocycles. The van der Waals surface area contributed by atoms with E-state index in [0.717, 1.165) is 15.6 Å². The Kier molecular flexibility index (Phi) is 2.83. The molecule has 0 atom stereocenters. The predicted octanol–water partition coefficient (Wildman–Crippen LogP) is 2.27. The van der Waals surface area contributed by atoms with Gasteiger partial charge in [-0.05, 0) is 24.6 Å². The Morgan fingerprint density at radius 2 is 2.27 bits per heavy atom. The summed E-state index contributed by atoms with van der Waals surface area (Å²) in [5, 5.41) is 3.76. The molecule has 0 aliphatic heterocycles. The molecule has 5 heteroatoms. The Labute approximate surface area is 95.6 Å². The summed E-state index contributed by atoms with van der Waals surface area (Å²) in [4.78, 5) is 4.18. The van der Waals surface area contributed by atoms with Crippen molar-refractivity contribution < 1.29 is 4.52 Å². The fraction of sp³-hybridized carbons (Fsp3) is 0.200. The van der Waals surface area contributed by atoms with Gasteiger partial charge < -0.3 is 10.3 Å². The van der Waals surface area contributed by atoms with Gasteiger partial charge in [-0.15, -0.1) is 0 Å². The van der Waals surface area contributed by atoms with Gasteiger partial charge in [-0.3, -0.25) is 0 Å². The SMILES string of the molecule is Cc1c(Br)cccc1-c1nc(CN)no1. The molecule has 2 aromatic rings. The number of hydrogen-bond acceptors (Lipinski definition) is 4. The van der Waals surface area contributed by atoms with Crippen LogP contribution >= 0.6 is 15.9 Å². The van der Waals surface area contributed by atoms with Crippen LogP contribution in [-0.4, -0.2) is 10.1 Å². The third-order valence-electron chi connectivity index (χ3n) is 2.15. The highest BCUT2D eigenvalue weighted by molar-refractivity contribution is 9.10. The number of nitrogens with two attached hydrogens (primary N) is 1. The zero-order valence-corrected chi connectivity index (χ0v) is 9.78. The molecule has 0 radical (unpaired) electrons. The summed E-state index contributed by atoms with van der Waals surface area (Å²) >= 11 is 3.45. The van der Waals surface area contributed by atoms with E-state index in [4.69, 9.17) is 10.3 Å². The topological polar surface area (TPSA) is 64.9 Å². The highest BCUT2D eigenvalue weighted by atomic mass is 79.9. The third-order valence-corrected chi connectivity index (χ3v) is 3.01. The number of halogens is 1. The minimum Gasteiger partial charge on any atom is -0.334 e. The molecule has 1 aromatic carbocycles. The molecule has 0 fully saturated rings. The summed E-state index contributed by atoms with van der Waals surface area (Å²) in [6.45, 7) is 2.28.